The summed E-state index contributed by atoms with van der Waals surface area (Å²) in [5.74, 6) is 1.26. The molecule has 28 heavy (non-hydrogen) atoms. The van der Waals surface area contributed by atoms with Crippen LogP contribution in [-0.4, -0.2) is 37.6 Å². The van der Waals surface area contributed by atoms with Gasteiger partial charge in [0.15, 0.2) is 12.7 Å². The van der Waals surface area contributed by atoms with Gasteiger partial charge in [-0.15, -0.1) is 0 Å². The summed E-state index contributed by atoms with van der Waals surface area (Å²) in [6.07, 6.45) is -0.623. The van der Waals surface area contributed by atoms with Crippen LogP contribution in [-0.2, 0) is 9.59 Å². The van der Waals surface area contributed by atoms with E-state index in [4.69, 9.17) is 9.47 Å². The molecule has 0 fully saturated rings. The van der Waals surface area contributed by atoms with Crippen molar-refractivity contribution < 1.29 is 19.1 Å². The van der Waals surface area contributed by atoms with Crippen LogP contribution in [0, 0.1) is 0 Å². The van der Waals surface area contributed by atoms with Crippen LogP contribution in [0.1, 0.15) is 32.3 Å². The minimum absolute atomic E-state index is 0.0656. The van der Waals surface area contributed by atoms with Gasteiger partial charge in [-0.3, -0.25) is 9.59 Å². The summed E-state index contributed by atoms with van der Waals surface area (Å²) in [5.41, 5.74) is 1.22. The van der Waals surface area contributed by atoms with E-state index in [1.54, 1.807) is 19.1 Å². The fraction of sp³-hybridized carbons (Fsp3) is 0.364. The number of nitrogens with one attached hydrogen (secondary N) is 2. The highest BCUT2D eigenvalue weighted by Gasteiger charge is 2.14. The molecule has 0 aliphatic heterocycles. The lowest BCUT2D eigenvalue weighted by Crippen LogP contribution is -2.41. The standard InChI is InChI=1S/C22H28N2O4/c1-16(2)18-9-11-20(12-10-18)28-17(3)22(26)24-14-13-23-21(25)15-27-19-7-5-4-6-8-19/h4-12,16-17H,13-15H2,1-3H3,(H,23,25)(H,24,26). The number of ether oxygens (including phenoxy) is 2. The van der Waals surface area contributed by atoms with Crippen molar-refractivity contribution in [2.75, 3.05) is 19.7 Å². The van der Waals surface area contributed by atoms with E-state index in [2.05, 4.69) is 24.5 Å². The summed E-state index contributed by atoms with van der Waals surface area (Å²) in [6, 6.07) is 16.8. The van der Waals surface area contributed by atoms with Gasteiger partial charge in [-0.2, -0.15) is 0 Å². The second-order valence-electron chi connectivity index (χ2n) is 6.73. The molecular formula is C22H28N2O4. The first-order chi connectivity index (χ1) is 13.5. The molecule has 0 heterocycles. The number of carbonyl (C=O) groups is 2. The first kappa shape index (κ1) is 21.3. The van der Waals surface area contributed by atoms with Gasteiger partial charge in [-0.1, -0.05) is 44.2 Å². The van der Waals surface area contributed by atoms with Gasteiger partial charge in [0.05, 0.1) is 0 Å². The molecule has 0 saturated carbocycles. The van der Waals surface area contributed by atoms with Crippen molar-refractivity contribution in [1.29, 1.82) is 0 Å². The van der Waals surface area contributed by atoms with Crippen molar-refractivity contribution in [3.05, 3.63) is 60.2 Å². The zero-order valence-corrected chi connectivity index (χ0v) is 16.6. The van der Waals surface area contributed by atoms with E-state index < -0.39 is 6.10 Å². The summed E-state index contributed by atoms with van der Waals surface area (Å²) in [6.45, 7) is 6.51. The van der Waals surface area contributed by atoms with E-state index in [1.165, 1.54) is 5.56 Å². The Hall–Kier alpha value is -3.02. The summed E-state index contributed by atoms with van der Waals surface area (Å²) in [5, 5.41) is 5.44. The van der Waals surface area contributed by atoms with Crippen LogP contribution in [0.5, 0.6) is 11.5 Å². The third kappa shape index (κ3) is 7.31. The topological polar surface area (TPSA) is 76.7 Å². The minimum Gasteiger partial charge on any atom is -0.484 e. The Morgan fingerprint density at radius 3 is 2.14 bits per heavy atom. The molecule has 0 aliphatic rings. The second kappa shape index (κ2) is 11.0. The summed E-state index contributed by atoms with van der Waals surface area (Å²) in [7, 11) is 0. The van der Waals surface area contributed by atoms with Crippen molar-refractivity contribution in [1.82, 2.24) is 10.6 Å². The van der Waals surface area contributed by atoms with Gasteiger partial charge >= 0.3 is 0 Å². The van der Waals surface area contributed by atoms with Crippen LogP contribution in [0.3, 0.4) is 0 Å². The lowest BCUT2D eigenvalue weighted by Gasteiger charge is -2.15. The molecule has 1 unspecified atom stereocenters. The van der Waals surface area contributed by atoms with E-state index in [9.17, 15) is 9.59 Å². The van der Waals surface area contributed by atoms with Crippen LogP contribution in [0.2, 0.25) is 0 Å². The second-order valence-corrected chi connectivity index (χ2v) is 6.73. The van der Waals surface area contributed by atoms with Gasteiger partial charge in [0, 0.05) is 13.1 Å². The molecule has 2 aromatic rings. The average molecular weight is 384 g/mol. The van der Waals surface area contributed by atoms with E-state index in [0.29, 0.717) is 30.5 Å². The molecular weight excluding hydrogens is 356 g/mol. The third-order valence-electron chi connectivity index (χ3n) is 4.09. The molecule has 2 N–H and O–H groups in total. The van der Waals surface area contributed by atoms with Crippen LogP contribution >= 0.6 is 0 Å². The maximum Gasteiger partial charge on any atom is 0.260 e. The zero-order valence-electron chi connectivity index (χ0n) is 16.6. The minimum atomic E-state index is -0.623. The Labute approximate surface area is 166 Å². The smallest absolute Gasteiger partial charge is 0.260 e. The number of hydrogen-bond acceptors (Lipinski definition) is 4. The molecule has 2 rings (SSSR count). The predicted octanol–water partition coefficient (Wildman–Crippen LogP) is 2.89. The molecule has 0 radical (unpaired) electrons. The Balaban J connectivity index is 1.62. The van der Waals surface area contributed by atoms with E-state index in [0.717, 1.165) is 0 Å². The largest absolute Gasteiger partial charge is 0.484 e. The Bertz CT molecular complexity index is 745. The molecule has 0 aliphatic carbocycles. The number of hydrogen-bond donors (Lipinski definition) is 2. The summed E-state index contributed by atoms with van der Waals surface area (Å²) >= 11 is 0. The fourth-order valence-electron chi connectivity index (χ4n) is 2.44. The lowest BCUT2D eigenvalue weighted by atomic mass is 10.0. The summed E-state index contributed by atoms with van der Waals surface area (Å²) in [4.78, 5) is 23.8. The first-order valence-corrected chi connectivity index (χ1v) is 9.44. The molecule has 6 heteroatoms. The maximum atomic E-state index is 12.1. The molecule has 0 bridgehead atoms. The monoisotopic (exact) mass is 384 g/mol. The van der Waals surface area contributed by atoms with Crippen molar-refractivity contribution in [2.45, 2.75) is 32.8 Å². The van der Waals surface area contributed by atoms with Crippen LogP contribution in [0.15, 0.2) is 54.6 Å². The van der Waals surface area contributed by atoms with Gasteiger partial charge < -0.3 is 20.1 Å². The highest BCUT2D eigenvalue weighted by molar-refractivity contribution is 5.81. The van der Waals surface area contributed by atoms with E-state index in [1.807, 2.05) is 42.5 Å². The summed E-state index contributed by atoms with van der Waals surface area (Å²) < 4.78 is 11.0. The van der Waals surface area contributed by atoms with E-state index >= 15 is 0 Å². The number of amides is 2. The van der Waals surface area contributed by atoms with Gasteiger partial charge in [0.1, 0.15) is 11.5 Å². The van der Waals surface area contributed by atoms with Gasteiger partial charge in [0.25, 0.3) is 11.8 Å². The van der Waals surface area contributed by atoms with Crippen molar-refractivity contribution in [3.63, 3.8) is 0 Å². The number of carbonyl (C=O) groups excluding carboxylic acids is 2. The Morgan fingerprint density at radius 2 is 1.50 bits per heavy atom. The first-order valence-electron chi connectivity index (χ1n) is 9.44. The predicted molar refractivity (Wildman–Crippen MR) is 109 cm³/mol. The van der Waals surface area contributed by atoms with Gasteiger partial charge in [-0.25, -0.2) is 0 Å². The quantitative estimate of drug-likeness (QED) is 0.618. The Kier molecular flexibility index (Phi) is 8.34. The van der Waals surface area contributed by atoms with Crippen molar-refractivity contribution >= 4 is 11.8 Å². The molecule has 150 valence electrons. The highest BCUT2D eigenvalue weighted by Crippen LogP contribution is 2.19. The molecule has 1 atom stereocenters. The third-order valence-corrected chi connectivity index (χ3v) is 4.09. The SMILES string of the molecule is CC(Oc1ccc(C(C)C)cc1)C(=O)NCCNC(=O)COc1ccccc1. The van der Waals surface area contributed by atoms with Crippen LogP contribution in [0.25, 0.3) is 0 Å². The average Bonchev–Trinajstić information content (AvgIpc) is 2.70. The number of para-hydroxylation sites is 1. The van der Waals surface area contributed by atoms with Gasteiger partial charge in [-0.05, 0) is 42.7 Å². The van der Waals surface area contributed by atoms with Crippen molar-refractivity contribution in [3.8, 4) is 11.5 Å². The molecule has 0 spiro atoms. The molecule has 0 saturated heterocycles. The van der Waals surface area contributed by atoms with Crippen LogP contribution in [0.4, 0.5) is 0 Å². The Morgan fingerprint density at radius 1 is 0.857 bits per heavy atom. The van der Waals surface area contributed by atoms with Crippen LogP contribution < -0.4 is 20.1 Å². The molecule has 6 nitrogen and oxygen atoms in total. The molecule has 2 amide bonds. The lowest BCUT2D eigenvalue weighted by molar-refractivity contribution is -0.127. The highest BCUT2D eigenvalue weighted by atomic mass is 16.5. The van der Waals surface area contributed by atoms with E-state index in [-0.39, 0.29) is 18.4 Å². The number of benzene rings is 2. The normalized spacial score (nSPS) is 11.6. The molecule has 2 aromatic carbocycles. The molecule has 0 aromatic heterocycles. The number of rotatable bonds is 10. The van der Waals surface area contributed by atoms with Gasteiger partial charge in [0.2, 0.25) is 0 Å². The zero-order chi connectivity index (χ0) is 20.4. The maximum absolute atomic E-state index is 12.1. The van der Waals surface area contributed by atoms with Crippen molar-refractivity contribution in [2.24, 2.45) is 0 Å². The fourth-order valence-corrected chi connectivity index (χ4v) is 2.44.